The van der Waals surface area contributed by atoms with Crippen molar-refractivity contribution in [1.29, 1.82) is 0 Å². The number of benzene rings is 1. The molecule has 1 unspecified atom stereocenters. The van der Waals surface area contributed by atoms with Crippen molar-refractivity contribution in [2.45, 2.75) is 39.5 Å². The van der Waals surface area contributed by atoms with E-state index in [0.29, 0.717) is 12.1 Å². The van der Waals surface area contributed by atoms with Gasteiger partial charge in [0, 0.05) is 18.6 Å². The minimum atomic E-state index is 0.105. The smallest absolute Gasteiger partial charge is 0.0682 e. The third kappa shape index (κ3) is 1.87. The third-order valence-corrected chi connectivity index (χ3v) is 3.14. The van der Waals surface area contributed by atoms with E-state index in [1.165, 1.54) is 11.4 Å². The van der Waals surface area contributed by atoms with Gasteiger partial charge in [0.1, 0.15) is 0 Å². The van der Waals surface area contributed by atoms with Gasteiger partial charge in [-0.3, -0.25) is 0 Å². The molecule has 1 atom stereocenters. The number of hydrogen-bond donors (Lipinski definition) is 2. The highest BCUT2D eigenvalue weighted by molar-refractivity contribution is 5.73. The van der Waals surface area contributed by atoms with Gasteiger partial charge >= 0.3 is 0 Å². The lowest BCUT2D eigenvalue weighted by Gasteiger charge is -2.40. The van der Waals surface area contributed by atoms with Crippen molar-refractivity contribution in [2.75, 3.05) is 16.8 Å². The molecule has 3 heteroatoms. The standard InChI is InChI=1S/C13H20N2O/c1-9(2)15-10(3)7-14-12-5-4-11(8-16)6-13(12)15/h4-6,9-10,14,16H,7-8H2,1-3H3. The molecule has 0 spiro atoms. The Kier molecular flexibility index (Phi) is 3.06. The zero-order valence-electron chi connectivity index (χ0n) is 10.2. The van der Waals surface area contributed by atoms with Crippen LogP contribution < -0.4 is 10.2 Å². The highest BCUT2D eigenvalue weighted by Gasteiger charge is 2.24. The van der Waals surface area contributed by atoms with Crippen molar-refractivity contribution in [3.05, 3.63) is 23.8 Å². The molecule has 1 aliphatic rings. The Labute approximate surface area is 97.1 Å². The molecule has 2 rings (SSSR count). The minimum absolute atomic E-state index is 0.105. The molecule has 0 fully saturated rings. The van der Waals surface area contributed by atoms with Crippen molar-refractivity contribution in [3.8, 4) is 0 Å². The number of anilines is 2. The Balaban J connectivity index is 2.44. The van der Waals surface area contributed by atoms with Crippen LogP contribution in [0.2, 0.25) is 0 Å². The van der Waals surface area contributed by atoms with Crippen LogP contribution in [-0.2, 0) is 6.61 Å². The fraction of sp³-hybridized carbons (Fsp3) is 0.538. The summed E-state index contributed by atoms with van der Waals surface area (Å²) in [6.45, 7) is 7.72. The first-order valence-electron chi connectivity index (χ1n) is 5.89. The number of fused-ring (bicyclic) bond motifs is 1. The molecule has 0 radical (unpaired) electrons. The van der Waals surface area contributed by atoms with Gasteiger partial charge in [0.25, 0.3) is 0 Å². The molecular formula is C13H20N2O. The molecule has 1 aromatic rings. The van der Waals surface area contributed by atoms with Crippen LogP contribution in [0.15, 0.2) is 18.2 Å². The van der Waals surface area contributed by atoms with Crippen LogP contribution in [0.5, 0.6) is 0 Å². The molecule has 0 saturated carbocycles. The molecule has 2 N–H and O–H groups in total. The van der Waals surface area contributed by atoms with Crippen LogP contribution in [0.3, 0.4) is 0 Å². The Morgan fingerprint density at radius 1 is 1.50 bits per heavy atom. The summed E-state index contributed by atoms with van der Waals surface area (Å²) in [5.41, 5.74) is 3.35. The number of rotatable bonds is 2. The average molecular weight is 220 g/mol. The summed E-state index contributed by atoms with van der Waals surface area (Å²) >= 11 is 0. The predicted octanol–water partition coefficient (Wildman–Crippen LogP) is 2.21. The highest BCUT2D eigenvalue weighted by atomic mass is 16.3. The number of aliphatic hydroxyl groups excluding tert-OH is 1. The summed E-state index contributed by atoms with van der Waals surface area (Å²) in [4.78, 5) is 2.41. The van der Waals surface area contributed by atoms with Crippen LogP contribution in [-0.4, -0.2) is 23.7 Å². The van der Waals surface area contributed by atoms with Gasteiger partial charge < -0.3 is 15.3 Å². The topological polar surface area (TPSA) is 35.5 Å². The Morgan fingerprint density at radius 2 is 2.25 bits per heavy atom. The van der Waals surface area contributed by atoms with Gasteiger partial charge in [0.2, 0.25) is 0 Å². The third-order valence-electron chi connectivity index (χ3n) is 3.14. The molecular weight excluding hydrogens is 200 g/mol. The maximum absolute atomic E-state index is 9.19. The highest BCUT2D eigenvalue weighted by Crippen LogP contribution is 2.33. The van der Waals surface area contributed by atoms with Crippen molar-refractivity contribution >= 4 is 11.4 Å². The number of aliphatic hydroxyl groups is 1. The molecule has 88 valence electrons. The first-order valence-corrected chi connectivity index (χ1v) is 5.89. The second kappa shape index (κ2) is 4.34. The number of hydrogen-bond acceptors (Lipinski definition) is 3. The monoisotopic (exact) mass is 220 g/mol. The SMILES string of the molecule is CC(C)N1c2cc(CO)ccc2NCC1C. The summed E-state index contributed by atoms with van der Waals surface area (Å²) in [5, 5.41) is 12.6. The Hall–Kier alpha value is -1.22. The average Bonchev–Trinajstić information content (AvgIpc) is 2.27. The quantitative estimate of drug-likeness (QED) is 0.802. The van der Waals surface area contributed by atoms with Gasteiger partial charge in [-0.1, -0.05) is 6.07 Å². The van der Waals surface area contributed by atoms with Crippen molar-refractivity contribution in [3.63, 3.8) is 0 Å². The van der Waals surface area contributed by atoms with Gasteiger partial charge in [0.05, 0.1) is 18.0 Å². The summed E-state index contributed by atoms with van der Waals surface area (Å²) in [6, 6.07) is 7.08. The maximum atomic E-state index is 9.19. The lowest BCUT2D eigenvalue weighted by atomic mass is 10.1. The number of nitrogens with one attached hydrogen (secondary N) is 1. The van der Waals surface area contributed by atoms with Crippen LogP contribution in [0.1, 0.15) is 26.3 Å². The van der Waals surface area contributed by atoms with Crippen LogP contribution >= 0.6 is 0 Å². The van der Waals surface area contributed by atoms with E-state index in [1.54, 1.807) is 0 Å². The van der Waals surface area contributed by atoms with Gasteiger partial charge in [-0.2, -0.15) is 0 Å². The molecule has 0 saturated heterocycles. The van der Waals surface area contributed by atoms with Crippen LogP contribution in [0.4, 0.5) is 11.4 Å². The first kappa shape index (κ1) is 11.3. The maximum Gasteiger partial charge on any atom is 0.0682 e. The fourth-order valence-electron chi connectivity index (χ4n) is 2.42. The van der Waals surface area contributed by atoms with E-state index < -0.39 is 0 Å². The molecule has 0 amide bonds. The van der Waals surface area contributed by atoms with E-state index in [2.05, 4.69) is 43.1 Å². The first-order chi connectivity index (χ1) is 7.63. The van der Waals surface area contributed by atoms with Gasteiger partial charge in [-0.25, -0.2) is 0 Å². The molecule has 0 bridgehead atoms. The summed E-state index contributed by atoms with van der Waals surface area (Å²) in [6.07, 6.45) is 0. The van der Waals surface area contributed by atoms with E-state index >= 15 is 0 Å². The minimum Gasteiger partial charge on any atom is -0.392 e. The normalized spacial score (nSPS) is 19.6. The largest absolute Gasteiger partial charge is 0.392 e. The molecule has 0 aliphatic carbocycles. The van der Waals surface area contributed by atoms with Crippen LogP contribution in [0.25, 0.3) is 0 Å². The van der Waals surface area contributed by atoms with E-state index in [0.717, 1.165) is 12.1 Å². The van der Waals surface area contributed by atoms with Crippen molar-refractivity contribution in [1.82, 2.24) is 0 Å². The Bertz CT molecular complexity index is 376. The summed E-state index contributed by atoms with van der Waals surface area (Å²) in [5.74, 6) is 0. The molecule has 1 aliphatic heterocycles. The lowest BCUT2D eigenvalue weighted by molar-refractivity contribution is 0.282. The molecule has 16 heavy (non-hydrogen) atoms. The van der Waals surface area contributed by atoms with Crippen LogP contribution in [0, 0.1) is 0 Å². The lowest BCUT2D eigenvalue weighted by Crippen LogP contribution is -2.46. The second-order valence-corrected chi connectivity index (χ2v) is 4.74. The van der Waals surface area contributed by atoms with Crippen molar-refractivity contribution < 1.29 is 5.11 Å². The van der Waals surface area contributed by atoms with Gasteiger partial charge in [-0.05, 0) is 38.5 Å². The zero-order valence-corrected chi connectivity index (χ0v) is 10.2. The molecule has 1 heterocycles. The summed E-state index contributed by atoms with van der Waals surface area (Å²) in [7, 11) is 0. The van der Waals surface area contributed by atoms with Crippen molar-refractivity contribution in [2.24, 2.45) is 0 Å². The van der Waals surface area contributed by atoms with E-state index in [-0.39, 0.29) is 6.61 Å². The molecule has 3 nitrogen and oxygen atoms in total. The van der Waals surface area contributed by atoms with Gasteiger partial charge in [0.15, 0.2) is 0 Å². The van der Waals surface area contributed by atoms with E-state index in [9.17, 15) is 5.11 Å². The second-order valence-electron chi connectivity index (χ2n) is 4.74. The van der Waals surface area contributed by atoms with E-state index in [1.807, 2.05) is 6.07 Å². The molecule has 1 aromatic carbocycles. The van der Waals surface area contributed by atoms with E-state index in [4.69, 9.17) is 0 Å². The predicted molar refractivity (Wildman–Crippen MR) is 67.9 cm³/mol. The Morgan fingerprint density at radius 3 is 2.88 bits per heavy atom. The zero-order chi connectivity index (χ0) is 11.7. The van der Waals surface area contributed by atoms with Gasteiger partial charge in [-0.15, -0.1) is 0 Å². The summed E-state index contributed by atoms with van der Waals surface area (Å²) < 4.78 is 0. The number of nitrogens with zero attached hydrogens (tertiary/aromatic N) is 1. The molecule has 0 aromatic heterocycles. The fourth-order valence-corrected chi connectivity index (χ4v) is 2.42.